The number of carboxylic acid groups (broad SMARTS) is 1. The van der Waals surface area contributed by atoms with Gasteiger partial charge in [0.15, 0.2) is 0 Å². The summed E-state index contributed by atoms with van der Waals surface area (Å²) in [5.74, 6) is -0.985. The van der Waals surface area contributed by atoms with Crippen LogP contribution in [0.15, 0.2) is 30.5 Å². The smallest absolute Gasteiger partial charge is 0.336 e. The van der Waals surface area contributed by atoms with Crippen LogP contribution in [-0.2, 0) is 0 Å². The summed E-state index contributed by atoms with van der Waals surface area (Å²) in [6.45, 7) is 1.71. The summed E-state index contributed by atoms with van der Waals surface area (Å²) in [4.78, 5) is 15.3. The van der Waals surface area contributed by atoms with E-state index in [4.69, 9.17) is 28.3 Å². The van der Waals surface area contributed by atoms with Gasteiger partial charge in [-0.15, -0.1) is 0 Å². The van der Waals surface area contributed by atoms with Crippen molar-refractivity contribution in [3.63, 3.8) is 0 Å². The number of carbonyl (C=O) groups is 1. The lowest BCUT2D eigenvalue weighted by atomic mass is 10.0. The first kappa shape index (κ1) is 12.9. The molecule has 1 aromatic heterocycles. The van der Waals surface area contributed by atoms with E-state index in [1.165, 1.54) is 12.3 Å². The third-order valence-electron chi connectivity index (χ3n) is 2.62. The van der Waals surface area contributed by atoms with Gasteiger partial charge in [0.2, 0.25) is 0 Å². The largest absolute Gasteiger partial charge is 0.478 e. The van der Waals surface area contributed by atoms with E-state index in [-0.39, 0.29) is 5.56 Å². The second-order valence-corrected chi connectivity index (χ2v) is 4.61. The van der Waals surface area contributed by atoms with Gasteiger partial charge >= 0.3 is 5.97 Å². The van der Waals surface area contributed by atoms with E-state index in [2.05, 4.69) is 4.98 Å². The lowest BCUT2D eigenvalue weighted by Gasteiger charge is -2.09. The molecule has 0 spiro atoms. The molecule has 0 aliphatic rings. The van der Waals surface area contributed by atoms with E-state index in [0.717, 1.165) is 0 Å². The van der Waals surface area contributed by atoms with Crippen molar-refractivity contribution >= 4 is 29.2 Å². The average molecular weight is 282 g/mol. The Labute approximate surface area is 114 Å². The van der Waals surface area contributed by atoms with Crippen molar-refractivity contribution in [2.45, 2.75) is 6.92 Å². The Kier molecular flexibility index (Phi) is 3.55. The van der Waals surface area contributed by atoms with E-state index in [9.17, 15) is 4.79 Å². The molecule has 0 bridgehead atoms. The Morgan fingerprint density at radius 1 is 1.28 bits per heavy atom. The Morgan fingerprint density at radius 3 is 2.61 bits per heavy atom. The number of aromatic nitrogens is 1. The molecule has 0 atom stereocenters. The number of pyridine rings is 1. The van der Waals surface area contributed by atoms with Gasteiger partial charge in [-0.2, -0.15) is 0 Å². The highest BCUT2D eigenvalue weighted by Gasteiger charge is 2.14. The average Bonchev–Trinajstić information content (AvgIpc) is 2.30. The molecular weight excluding hydrogens is 273 g/mol. The fraction of sp³-hybridized carbons (Fsp3) is 0.0769. The van der Waals surface area contributed by atoms with Crippen molar-refractivity contribution in [3.8, 4) is 11.3 Å². The van der Waals surface area contributed by atoms with E-state index >= 15 is 0 Å². The van der Waals surface area contributed by atoms with Crippen molar-refractivity contribution in [2.24, 2.45) is 0 Å². The summed E-state index contributed by atoms with van der Waals surface area (Å²) in [5, 5.41) is 10.0. The zero-order valence-electron chi connectivity index (χ0n) is 9.45. The minimum atomic E-state index is -0.985. The van der Waals surface area contributed by atoms with Crippen LogP contribution in [0.3, 0.4) is 0 Å². The van der Waals surface area contributed by atoms with E-state index in [1.54, 1.807) is 25.1 Å². The number of rotatable bonds is 2. The van der Waals surface area contributed by atoms with E-state index in [1.807, 2.05) is 0 Å². The molecule has 0 aliphatic heterocycles. The van der Waals surface area contributed by atoms with E-state index in [0.29, 0.717) is 26.9 Å². The first-order valence-corrected chi connectivity index (χ1v) is 5.90. The van der Waals surface area contributed by atoms with Crippen molar-refractivity contribution in [3.05, 3.63) is 51.6 Å². The molecule has 92 valence electrons. The highest BCUT2D eigenvalue weighted by Crippen LogP contribution is 2.31. The predicted octanol–water partition coefficient (Wildman–Crippen LogP) is 4.06. The van der Waals surface area contributed by atoms with Crippen LogP contribution in [0.25, 0.3) is 11.3 Å². The molecule has 2 aromatic rings. The first-order chi connectivity index (χ1) is 8.50. The summed E-state index contributed by atoms with van der Waals surface area (Å²) in [5.41, 5.74) is 2.01. The summed E-state index contributed by atoms with van der Waals surface area (Å²) < 4.78 is 0. The number of hydrogen-bond donors (Lipinski definition) is 1. The molecule has 0 aliphatic carbocycles. The number of benzene rings is 1. The van der Waals surface area contributed by atoms with Gasteiger partial charge in [-0.05, 0) is 36.8 Å². The summed E-state index contributed by atoms with van der Waals surface area (Å²) >= 11 is 11.9. The van der Waals surface area contributed by atoms with Crippen LogP contribution < -0.4 is 0 Å². The molecule has 0 saturated carbocycles. The summed E-state index contributed by atoms with van der Waals surface area (Å²) in [7, 11) is 0. The van der Waals surface area contributed by atoms with Crippen LogP contribution in [0.5, 0.6) is 0 Å². The first-order valence-electron chi connectivity index (χ1n) is 5.15. The van der Waals surface area contributed by atoms with E-state index < -0.39 is 5.97 Å². The summed E-state index contributed by atoms with van der Waals surface area (Å²) in [6, 6.07) is 6.49. The SMILES string of the molecule is Cc1c(C(=O)O)ccnc1-c1ccc(Cl)cc1Cl. The molecule has 0 amide bonds. The van der Waals surface area contributed by atoms with Gasteiger partial charge in [0.25, 0.3) is 0 Å². The van der Waals surface area contributed by atoms with Gasteiger partial charge in [0, 0.05) is 16.8 Å². The van der Waals surface area contributed by atoms with Crippen LogP contribution in [0.1, 0.15) is 15.9 Å². The molecule has 0 saturated heterocycles. The van der Waals surface area contributed by atoms with Gasteiger partial charge in [0.1, 0.15) is 0 Å². The Bertz CT molecular complexity index is 626. The fourth-order valence-electron chi connectivity index (χ4n) is 1.72. The second-order valence-electron chi connectivity index (χ2n) is 3.76. The molecule has 0 radical (unpaired) electrons. The number of nitrogens with zero attached hydrogens (tertiary/aromatic N) is 1. The number of hydrogen-bond acceptors (Lipinski definition) is 2. The highest BCUT2D eigenvalue weighted by atomic mass is 35.5. The van der Waals surface area contributed by atoms with Crippen LogP contribution in [0.2, 0.25) is 10.0 Å². The molecular formula is C13H9Cl2NO2. The maximum atomic E-state index is 11.1. The third kappa shape index (κ3) is 2.33. The molecule has 1 heterocycles. The van der Waals surface area contributed by atoms with Gasteiger partial charge in [0.05, 0.1) is 16.3 Å². The number of carboxylic acids is 1. The molecule has 2 rings (SSSR count). The molecule has 0 unspecified atom stereocenters. The minimum Gasteiger partial charge on any atom is -0.478 e. The van der Waals surface area contributed by atoms with Crippen LogP contribution >= 0.6 is 23.2 Å². The van der Waals surface area contributed by atoms with Crippen LogP contribution in [0.4, 0.5) is 0 Å². The molecule has 18 heavy (non-hydrogen) atoms. The third-order valence-corrected chi connectivity index (χ3v) is 3.17. The monoisotopic (exact) mass is 281 g/mol. The quantitative estimate of drug-likeness (QED) is 0.903. The molecule has 0 fully saturated rings. The predicted molar refractivity (Wildman–Crippen MR) is 71.4 cm³/mol. The lowest BCUT2D eigenvalue weighted by Crippen LogP contribution is -2.02. The van der Waals surface area contributed by atoms with Crippen molar-refractivity contribution in [1.29, 1.82) is 0 Å². The van der Waals surface area contributed by atoms with Gasteiger partial charge in [-0.25, -0.2) is 4.79 Å². The molecule has 5 heteroatoms. The zero-order chi connectivity index (χ0) is 13.3. The molecule has 1 aromatic carbocycles. The normalized spacial score (nSPS) is 10.4. The van der Waals surface area contributed by atoms with Crippen molar-refractivity contribution in [1.82, 2.24) is 4.98 Å². The lowest BCUT2D eigenvalue weighted by molar-refractivity contribution is 0.0696. The Hall–Kier alpha value is -1.58. The topological polar surface area (TPSA) is 50.2 Å². The Morgan fingerprint density at radius 2 is 2.00 bits per heavy atom. The van der Waals surface area contributed by atoms with Crippen LogP contribution in [0, 0.1) is 6.92 Å². The molecule has 1 N–H and O–H groups in total. The number of aromatic carboxylic acids is 1. The standard InChI is InChI=1S/C13H9Cl2NO2/c1-7-9(13(17)18)4-5-16-12(7)10-3-2-8(14)6-11(10)15/h2-6H,1H3,(H,17,18). The highest BCUT2D eigenvalue weighted by molar-refractivity contribution is 6.36. The maximum Gasteiger partial charge on any atom is 0.336 e. The van der Waals surface area contributed by atoms with Crippen LogP contribution in [-0.4, -0.2) is 16.1 Å². The maximum absolute atomic E-state index is 11.1. The molecule has 3 nitrogen and oxygen atoms in total. The Balaban J connectivity index is 2.64. The zero-order valence-corrected chi connectivity index (χ0v) is 11.0. The van der Waals surface area contributed by atoms with Crippen molar-refractivity contribution < 1.29 is 9.90 Å². The second kappa shape index (κ2) is 4.96. The summed E-state index contributed by atoms with van der Waals surface area (Å²) in [6.07, 6.45) is 1.46. The van der Waals surface area contributed by atoms with Crippen molar-refractivity contribution in [2.75, 3.05) is 0 Å². The number of halogens is 2. The van der Waals surface area contributed by atoms with Gasteiger partial charge < -0.3 is 5.11 Å². The fourth-order valence-corrected chi connectivity index (χ4v) is 2.22. The van der Waals surface area contributed by atoms with Gasteiger partial charge in [-0.3, -0.25) is 4.98 Å². The minimum absolute atomic E-state index is 0.214. The van der Waals surface area contributed by atoms with Gasteiger partial charge in [-0.1, -0.05) is 23.2 Å².